The predicted octanol–water partition coefficient (Wildman–Crippen LogP) is 7.73. The second-order valence-corrected chi connectivity index (χ2v) is 12.2. The standard InChI is InChI=1S/C36H30Cl2N4O6/c37-24-18-30(34(38)40-20-24)35(44)41-25-8-12-26(13-9-25)47-27-10-6-23-17-28(11-7-22(23)16-27)48-33-14-5-21(19-39-33)15-32(43)42-31-4-2-1-3-29(31)36(45)46/h1-7,10-11,14,16-20,25-26H,8-9,12-13,15H2,(H,41,44)(H,42,43)(H,45,46). The van der Waals surface area contributed by atoms with Gasteiger partial charge < -0.3 is 25.2 Å². The van der Waals surface area contributed by atoms with Crippen LogP contribution >= 0.6 is 23.2 Å². The number of carboxylic acids is 1. The van der Waals surface area contributed by atoms with Gasteiger partial charge in [0.25, 0.3) is 5.91 Å². The summed E-state index contributed by atoms with van der Waals surface area (Å²) in [6.07, 6.45) is 6.17. The first-order valence-electron chi connectivity index (χ1n) is 15.3. The summed E-state index contributed by atoms with van der Waals surface area (Å²) in [5.74, 6) is -0.00780. The smallest absolute Gasteiger partial charge is 0.337 e. The van der Waals surface area contributed by atoms with E-state index in [1.165, 1.54) is 18.3 Å². The fourth-order valence-corrected chi connectivity index (χ4v) is 5.90. The zero-order valence-corrected chi connectivity index (χ0v) is 27.0. The number of aromatic nitrogens is 2. The van der Waals surface area contributed by atoms with E-state index >= 15 is 0 Å². The number of fused-ring (bicyclic) bond motifs is 1. The van der Waals surface area contributed by atoms with Crippen molar-refractivity contribution in [3.05, 3.63) is 118 Å². The van der Waals surface area contributed by atoms with Gasteiger partial charge in [-0.25, -0.2) is 14.8 Å². The van der Waals surface area contributed by atoms with Crippen LogP contribution < -0.4 is 20.1 Å². The highest BCUT2D eigenvalue weighted by atomic mass is 35.5. The van der Waals surface area contributed by atoms with Crippen molar-refractivity contribution in [3.8, 4) is 17.4 Å². The van der Waals surface area contributed by atoms with Crippen molar-refractivity contribution < 1.29 is 29.0 Å². The lowest BCUT2D eigenvalue weighted by Gasteiger charge is -2.29. The van der Waals surface area contributed by atoms with E-state index in [0.29, 0.717) is 22.2 Å². The molecule has 2 amide bonds. The first-order valence-corrected chi connectivity index (χ1v) is 16.0. The maximum Gasteiger partial charge on any atom is 0.337 e. The molecule has 12 heteroatoms. The fourth-order valence-electron chi connectivity index (χ4n) is 5.56. The van der Waals surface area contributed by atoms with E-state index in [9.17, 15) is 19.5 Å². The Balaban J connectivity index is 0.993. The number of para-hydroxylation sites is 1. The Morgan fingerprint density at radius 1 is 0.812 bits per heavy atom. The van der Waals surface area contributed by atoms with E-state index in [1.807, 2.05) is 36.4 Å². The van der Waals surface area contributed by atoms with Crippen molar-refractivity contribution in [1.82, 2.24) is 15.3 Å². The van der Waals surface area contributed by atoms with E-state index < -0.39 is 5.97 Å². The number of rotatable bonds is 10. The summed E-state index contributed by atoms with van der Waals surface area (Å²) in [6.45, 7) is 0. The van der Waals surface area contributed by atoms with Gasteiger partial charge in [0.2, 0.25) is 11.8 Å². The summed E-state index contributed by atoms with van der Waals surface area (Å²) in [4.78, 5) is 44.8. The van der Waals surface area contributed by atoms with Crippen LogP contribution in [0.2, 0.25) is 10.2 Å². The van der Waals surface area contributed by atoms with E-state index in [-0.39, 0.29) is 52.3 Å². The number of hydrogen-bond acceptors (Lipinski definition) is 7. The second kappa shape index (κ2) is 14.7. The van der Waals surface area contributed by atoms with Crippen LogP contribution in [0.4, 0.5) is 5.69 Å². The number of carbonyl (C=O) groups is 3. The molecule has 3 aromatic carbocycles. The molecule has 0 unspecified atom stereocenters. The molecule has 0 radical (unpaired) electrons. The van der Waals surface area contributed by atoms with Crippen LogP contribution in [0.5, 0.6) is 17.4 Å². The molecule has 6 rings (SSSR count). The summed E-state index contributed by atoms with van der Waals surface area (Å²) in [6, 6.07) is 22.8. The van der Waals surface area contributed by atoms with Gasteiger partial charge >= 0.3 is 5.97 Å². The quantitative estimate of drug-likeness (QED) is 0.127. The Bertz CT molecular complexity index is 1980. The van der Waals surface area contributed by atoms with Crippen molar-refractivity contribution in [3.63, 3.8) is 0 Å². The monoisotopic (exact) mass is 684 g/mol. The maximum absolute atomic E-state index is 12.7. The van der Waals surface area contributed by atoms with Crippen LogP contribution in [0, 0.1) is 0 Å². The van der Waals surface area contributed by atoms with Crippen molar-refractivity contribution in [2.45, 2.75) is 44.2 Å². The van der Waals surface area contributed by atoms with Crippen molar-refractivity contribution in [1.29, 1.82) is 0 Å². The van der Waals surface area contributed by atoms with E-state index in [1.54, 1.807) is 36.5 Å². The number of hydrogen-bond donors (Lipinski definition) is 3. The summed E-state index contributed by atoms with van der Waals surface area (Å²) >= 11 is 12.0. The van der Waals surface area contributed by atoms with Gasteiger partial charge in [-0.1, -0.05) is 53.5 Å². The molecule has 0 bridgehead atoms. The van der Waals surface area contributed by atoms with Gasteiger partial charge in [-0.3, -0.25) is 9.59 Å². The number of nitrogens with zero attached hydrogens (tertiary/aromatic N) is 2. The molecule has 1 saturated carbocycles. The number of benzene rings is 3. The Kier molecular flexibility index (Phi) is 10.0. The van der Waals surface area contributed by atoms with Crippen LogP contribution in [-0.4, -0.2) is 45.0 Å². The van der Waals surface area contributed by atoms with Crippen LogP contribution in [0.25, 0.3) is 10.8 Å². The number of anilines is 1. The highest BCUT2D eigenvalue weighted by molar-refractivity contribution is 6.34. The number of carbonyl (C=O) groups excluding carboxylic acids is 2. The zero-order valence-electron chi connectivity index (χ0n) is 25.5. The van der Waals surface area contributed by atoms with Crippen LogP contribution in [0.3, 0.4) is 0 Å². The third-order valence-electron chi connectivity index (χ3n) is 7.96. The zero-order chi connectivity index (χ0) is 33.6. The fraction of sp³-hybridized carbons (Fsp3) is 0.194. The molecule has 1 aliphatic carbocycles. The van der Waals surface area contributed by atoms with E-state index in [2.05, 4.69) is 20.6 Å². The minimum Gasteiger partial charge on any atom is -0.490 e. The average Bonchev–Trinajstić information content (AvgIpc) is 3.08. The minimum atomic E-state index is -1.12. The normalized spacial score (nSPS) is 15.8. The first-order chi connectivity index (χ1) is 23.2. The van der Waals surface area contributed by atoms with Gasteiger partial charge in [0.15, 0.2) is 0 Å². The summed E-state index contributed by atoms with van der Waals surface area (Å²) < 4.78 is 12.3. The number of nitrogens with one attached hydrogen (secondary N) is 2. The molecule has 3 N–H and O–H groups in total. The molecule has 10 nitrogen and oxygen atoms in total. The third-order valence-corrected chi connectivity index (χ3v) is 8.47. The molecule has 244 valence electrons. The van der Waals surface area contributed by atoms with Crippen LogP contribution in [0.1, 0.15) is 52.0 Å². The van der Waals surface area contributed by atoms with E-state index in [0.717, 1.165) is 42.2 Å². The SMILES string of the molecule is O=C(Cc1ccc(Oc2ccc3cc(OC4CCC(NC(=O)c5cc(Cl)cnc5Cl)CC4)ccc3c2)nc1)Nc1ccccc1C(=O)O. The lowest BCUT2D eigenvalue weighted by molar-refractivity contribution is -0.115. The van der Waals surface area contributed by atoms with Crippen molar-refractivity contribution in [2.75, 3.05) is 5.32 Å². The van der Waals surface area contributed by atoms with Crippen molar-refractivity contribution in [2.24, 2.45) is 0 Å². The molecular weight excluding hydrogens is 655 g/mol. The van der Waals surface area contributed by atoms with Gasteiger partial charge in [0.05, 0.1) is 34.4 Å². The Labute approximate surface area is 286 Å². The summed E-state index contributed by atoms with van der Waals surface area (Å²) in [7, 11) is 0. The molecule has 2 heterocycles. The van der Waals surface area contributed by atoms with Gasteiger partial charge in [0.1, 0.15) is 16.7 Å². The van der Waals surface area contributed by atoms with Crippen molar-refractivity contribution >= 4 is 57.4 Å². The van der Waals surface area contributed by atoms with Gasteiger partial charge in [-0.15, -0.1) is 0 Å². The number of halogens is 2. The molecule has 0 spiro atoms. The first kappa shape index (κ1) is 32.7. The third kappa shape index (κ3) is 8.20. The number of ether oxygens (including phenoxy) is 2. The molecule has 0 saturated heterocycles. The molecule has 2 aromatic heterocycles. The largest absolute Gasteiger partial charge is 0.490 e. The summed E-state index contributed by atoms with van der Waals surface area (Å²) in [5.41, 5.74) is 1.18. The average molecular weight is 686 g/mol. The highest BCUT2D eigenvalue weighted by Crippen LogP contribution is 2.30. The number of amides is 2. The summed E-state index contributed by atoms with van der Waals surface area (Å²) in [5, 5.41) is 17.4. The molecule has 1 aliphatic rings. The maximum atomic E-state index is 12.7. The molecule has 0 atom stereocenters. The van der Waals surface area contributed by atoms with Gasteiger partial charge in [0, 0.05) is 24.5 Å². The molecule has 0 aliphatic heterocycles. The molecular formula is C36H30Cl2N4O6. The number of aromatic carboxylic acids is 1. The Morgan fingerprint density at radius 2 is 1.54 bits per heavy atom. The van der Waals surface area contributed by atoms with E-state index in [4.69, 9.17) is 32.7 Å². The lowest BCUT2D eigenvalue weighted by atomic mass is 9.92. The number of carboxylic acid groups (broad SMARTS) is 1. The minimum absolute atomic E-state index is 0.0150. The van der Waals surface area contributed by atoms with Gasteiger partial charge in [-0.2, -0.15) is 0 Å². The van der Waals surface area contributed by atoms with Crippen LogP contribution in [0.15, 0.2) is 91.3 Å². The second-order valence-electron chi connectivity index (χ2n) is 11.4. The highest BCUT2D eigenvalue weighted by Gasteiger charge is 2.25. The molecule has 48 heavy (non-hydrogen) atoms. The Morgan fingerprint density at radius 3 is 2.27 bits per heavy atom. The Hall–Kier alpha value is -5.19. The molecule has 5 aromatic rings. The molecule has 1 fully saturated rings. The number of pyridine rings is 2. The predicted molar refractivity (Wildman–Crippen MR) is 182 cm³/mol. The van der Waals surface area contributed by atoms with Gasteiger partial charge in [-0.05, 0) is 84.5 Å². The lowest BCUT2D eigenvalue weighted by Crippen LogP contribution is -2.39. The van der Waals surface area contributed by atoms with Crippen LogP contribution in [-0.2, 0) is 11.2 Å². The topological polar surface area (TPSA) is 140 Å².